The van der Waals surface area contributed by atoms with Gasteiger partial charge in [-0.25, -0.2) is 0 Å². The molecule has 138 valence electrons. The van der Waals surface area contributed by atoms with Gasteiger partial charge in [-0.2, -0.15) is 0 Å². The Bertz CT molecular complexity index is 555. The van der Waals surface area contributed by atoms with Gasteiger partial charge in [0.2, 0.25) is 0 Å². The number of piperazine rings is 1. The van der Waals surface area contributed by atoms with E-state index in [9.17, 15) is 0 Å². The van der Waals surface area contributed by atoms with Crippen LogP contribution in [-0.4, -0.2) is 43.7 Å². The lowest BCUT2D eigenvalue weighted by atomic mass is 9.89. The normalized spacial score (nSPS) is 32.0. The zero-order valence-electron chi connectivity index (χ0n) is 15.8. The summed E-state index contributed by atoms with van der Waals surface area (Å²) in [4.78, 5) is 2.82. The Hall–Kier alpha value is -1.06. The summed E-state index contributed by atoms with van der Waals surface area (Å²) < 4.78 is 5.61. The molecule has 1 aromatic carbocycles. The number of hydrogen-bond donors (Lipinski definition) is 1. The first-order chi connectivity index (χ1) is 12.3. The second kappa shape index (κ2) is 8.09. The van der Waals surface area contributed by atoms with Crippen molar-refractivity contribution >= 4 is 0 Å². The third-order valence-corrected chi connectivity index (χ3v) is 6.95. The maximum Gasteiger partial charge on any atom is 0.122 e. The molecule has 1 aromatic rings. The fourth-order valence-electron chi connectivity index (χ4n) is 5.56. The molecule has 1 saturated heterocycles. The molecule has 3 unspecified atom stereocenters. The van der Waals surface area contributed by atoms with E-state index in [-0.39, 0.29) is 0 Å². The van der Waals surface area contributed by atoms with E-state index in [1.807, 2.05) is 0 Å². The van der Waals surface area contributed by atoms with Gasteiger partial charge >= 0.3 is 0 Å². The number of para-hydroxylation sites is 1. The van der Waals surface area contributed by atoms with Crippen LogP contribution in [0.15, 0.2) is 24.3 Å². The molecule has 2 aliphatic carbocycles. The van der Waals surface area contributed by atoms with Gasteiger partial charge in [0.15, 0.2) is 0 Å². The molecule has 1 aliphatic heterocycles. The summed E-state index contributed by atoms with van der Waals surface area (Å²) in [5.74, 6) is 2.57. The van der Waals surface area contributed by atoms with E-state index in [1.54, 1.807) is 7.11 Å². The summed E-state index contributed by atoms with van der Waals surface area (Å²) in [5.41, 5.74) is 1.42. The van der Waals surface area contributed by atoms with Gasteiger partial charge in [0.25, 0.3) is 0 Å². The van der Waals surface area contributed by atoms with Gasteiger partial charge in [0, 0.05) is 31.7 Å². The fraction of sp³-hybridized carbons (Fsp3) is 0.727. The highest BCUT2D eigenvalue weighted by Crippen LogP contribution is 2.43. The highest BCUT2D eigenvalue weighted by atomic mass is 16.5. The van der Waals surface area contributed by atoms with Crippen molar-refractivity contribution in [1.29, 1.82) is 0 Å². The van der Waals surface area contributed by atoms with Crippen LogP contribution in [0.2, 0.25) is 0 Å². The van der Waals surface area contributed by atoms with Gasteiger partial charge in [0.1, 0.15) is 5.75 Å². The zero-order chi connectivity index (χ0) is 17.1. The quantitative estimate of drug-likeness (QED) is 0.888. The Kier molecular flexibility index (Phi) is 5.62. The van der Waals surface area contributed by atoms with Crippen molar-refractivity contribution in [1.82, 2.24) is 10.2 Å². The van der Waals surface area contributed by atoms with E-state index in [4.69, 9.17) is 4.74 Å². The average Bonchev–Trinajstić information content (AvgIpc) is 3.19. The summed E-state index contributed by atoms with van der Waals surface area (Å²) in [7, 11) is 1.80. The van der Waals surface area contributed by atoms with E-state index < -0.39 is 0 Å². The minimum Gasteiger partial charge on any atom is -0.496 e. The van der Waals surface area contributed by atoms with Gasteiger partial charge < -0.3 is 10.1 Å². The molecule has 3 heteroatoms. The first-order valence-electron chi connectivity index (χ1n) is 10.5. The van der Waals surface area contributed by atoms with Crippen LogP contribution in [0.4, 0.5) is 0 Å². The molecule has 0 bridgehead atoms. The molecule has 3 aliphatic rings. The largest absolute Gasteiger partial charge is 0.496 e. The van der Waals surface area contributed by atoms with E-state index in [1.165, 1.54) is 76.6 Å². The number of benzene rings is 1. The van der Waals surface area contributed by atoms with E-state index in [0.29, 0.717) is 12.0 Å². The number of rotatable bonds is 4. The van der Waals surface area contributed by atoms with E-state index in [0.717, 1.165) is 17.7 Å². The lowest BCUT2D eigenvalue weighted by Gasteiger charge is -2.42. The molecular weight excluding hydrogens is 308 g/mol. The van der Waals surface area contributed by atoms with Crippen LogP contribution >= 0.6 is 0 Å². The first-order valence-corrected chi connectivity index (χ1v) is 10.5. The van der Waals surface area contributed by atoms with Gasteiger partial charge in [-0.05, 0) is 55.6 Å². The van der Waals surface area contributed by atoms with Crippen molar-refractivity contribution in [2.75, 3.05) is 26.7 Å². The van der Waals surface area contributed by atoms with E-state index in [2.05, 4.69) is 34.5 Å². The summed E-state index contributed by atoms with van der Waals surface area (Å²) in [6.07, 6.45) is 11.2. The predicted molar refractivity (Wildman–Crippen MR) is 103 cm³/mol. The molecule has 0 spiro atoms. The number of methoxy groups -OCH3 is 1. The van der Waals surface area contributed by atoms with Crippen molar-refractivity contribution in [3.05, 3.63) is 29.8 Å². The van der Waals surface area contributed by atoms with Crippen molar-refractivity contribution in [2.45, 2.75) is 69.4 Å². The Labute approximate surface area is 153 Å². The molecule has 1 heterocycles. The van der Waals surface area contributed by atoms with Crippen molar-refractivity contribution in [2.24, 2.45) is 5.92 Å². The highest BCUT2D eigenvalue weighted by Gasteiger charge is 2.36. The van der Waals surface area contributed by atoms with Gasteiger partial charge in [-0.15, -0.1) is 0 Å². The molecule has 3 atom stereocenters. The van der Waals surface area contributed by atoms with Crippen molar-refractivity contribution in [3.8, 4) is 5.75 Å². The van der Waals surface area contributed by atoms with E-state index >= 15 is 0 Å². The second-order valence-electron chi connectivity index (χ2n) is 8.36. The number of nitrogens with zero attached hydrogens (tertiary/aromatic N) is 1. The zero-order valence-corrected chi connectivity index (χ0v) is 15.8. The predicted octanol–water partition coefficient (Wildman–Crippen LogP) is 4.19. The van der Waals surface area contributed by atoms with Crippen LogP contribution in [-0.2, 0) is 0 Å². The van der Waals surface area contributed by atoms with Crippen LogP contribution < -0.4 is 10.1 Å². The Balaban J connectivity index is 1.37. The maximum atomic E-state index is 5.61. The monoisotopic (exact) mass is 342 g/mol. The third kappa shape index (κ3) is 3.88. The molecule has 25 heavy (non-hydrogen) atoms. The standard InChI is InChI=1S/C22H34N2O/c1-25-22-10-6-5-9-20(22)17-11-12-18(15-17)21-16-24(14-13-23-21)19-7-3-2-4-8-19/h5-6,9-10,17-19,21,23H,2-4,7-8,11-16H2,1H3. The Morgan fingerprint density at radius 1 is 1.04 bits per heavy atom. The van der Waals surface area contributed by atoms with Crippen molar-refractivity contribution < 1.29 is 4.74 Å². The summed E-state index contributed by atoms with van der Waals surface area (Å²) >= 11 is 0. The fourth-order valence-corrected chi connectivity index (χ4v) is 5.56. The van der Waals surface area contributed by atoms with Gasteiger partial charge in [-0.3, -0.25) is 4.90 Å². The second-order valence-corrected chi connectivity index (χ2v) is 8.36. The smallest absolute Gasteiger partial charge is 0.122 e. The molecule has 0 amide bonds. The molecule has 0 radical (unpaired) electrons. The molecule has 3 fully saturated rings. The first kappa shape index (κ1) is 17.4. The minimum atomic E-state index is 0.674. The molecule has 4 rings (SSSR count). The summed E-state index contributed by atoms with van der Waals surface area (Å²) in [6, 6.07) is 10.2. The molecular formula is C22H34N2O. The SMILES string of the molecule is COc1ccccc1C1CCC(C2CN(C3CCCCC3)CCN2)C1. The summed E-state index contributed by atoms with van der Waals surface area (Å²) in [5, 5.41) is 3.86. The van der Waals surface area contributed by atoms with Gasteiger partial charge in [0.05, 0.1) is 7.11 Å². The number of nitrogens with one attached hydrogen (secondary N) is 1. The van der Waals surface area contributed by atoms with Crippen molar-refractivity contribution in [3.63, 3.8) is 0 Å². The molecule has 2 saturated carbocycles. The van der Waals surface area contributed by atoms with Gasteiger partial charge in [-0.1, -0.05) is 37.5 Å². The average molecular weight is 343 g/mol. The topological polar surface area (TPSA) is 24.5 Å². The minimum absolute atomic E-state index is 0.674. The Morgan fingerprint density at radius 3 is 2.72 bits per heavy atom. The lowest BCUT2D eigenvalue weighted by Crippen LogP contribution is -2.56. The molecule has 1 N–H and O–H groups in total. The Morgan fingerprint density at radius 2 is 1.88 bits per heavy atom. The third-order valence-electron chi connectivity index (χ3n) is 6.95. The molecule has 3 nitrogen and oxygen atoms in total. The lowest BCUT2D eigenvalue weighted by molar-refractivity contribution is 0.0979. The number of ether oxygens (including phenoxy) is 1. The van der Waals surface area contributed by atoms with Crippen LogP contribution in [0.3, 0.4) is 0 Å². The maximum absolute atomic E-state index is 5.61. The van der Waals surface area contributed by atoms with Crippen LogP contribution in [0.5, 0.6) is 5.75 Å². The van der Waals surface area contributed by atoms with Crippen LogP contribution in [0.25, 0.3) is 0 Å². The van der Waals surface area contributed by atoms with Crippen LogP contribution in [0, 0.1) is 5.92 Å². The number of hydrogen-bond acceptors (Lipinski definition) is 3. The molecule has 0 aromatic heterocycles. The van der Waals surface area contributed by atoms with Crippen LogP contribution in [0.1, 0.15) is 62.8 Å². The summed E-state index contributed by atoms with van der Waals surface area (Å²) in [6.45, 7) is 3.70. The highest BCUT2D eigenvalue weighted by molar-refractivity contribution is 5.36.